The molecule has 104 valence electrons. The minimum absolute atomic E-state index is 0.00748. The van der Waals surface area contributed by atoms with Crippen LogP contribution in [0, 0.1) is 12.8 Å². The summed E-state index contributed by atoms with van der Waals surface area (Å²) < 4.78 is 6.06. The number of nitrogens with two attached hydrogens (primary N) is 1. The van der Waals surface area contributed by atoms with Gasteiger partial charge in [-0.05, 0) is 43.9 Å². The first-order valence-corrected chi connectivity index (χ1v) is 8.11. The van der Waals surface area contributed by atoms with Crippen LogP contribution in [0.5, 0.6) is 0 Å². The summed E-state index contributed by atoms with van der Waals surface area (Å²) in [5, 5.41) is 0. The van der Waals surface area contributed by atoms with Gasteiger partial charge in [-0.1, -0.05) is 0 Å². The van der Waals surface area contributed by atoms with Gasteiger partial charge in [0.2, 0.25) is 0 Å². The van der Waals surface area contributed by atoms with Crippen LogP contribution < -0.4 is 5.73 Å². The Morgan fingerprint density at radius 3 is 3.21 bits per heavy atom. The Hall–Kier alpha value is -0.650. The molecule has 0 radical (unpaired) electrons. The Morgan fingerprint density at radius 1 is 1.58 bits per heavy atom. The van der Waals surface area contributed by atoms with E-state index in [2.05, 4.69) is 9.97 Å². The van der Waals surface area contributed by atoms with Gasteiger partial charge in [0.1, 0.15) is 5.82 Å². The van der Waals surface area contributed by atoms with Gasteiger partial charge in [0.15, 0.2) is 0 Å². The fraction of sp³-hybridized carbons (Fsp3) is 0.714. The molecule has 2 aliphatic rings. The molecular formula is C14H21N3OS. The van der Waals surface area contributed by atoms with Crippen molar-refractivity contribution in [3.05, 3.63) is 23.8 Å². The summed E-state index contributed by atoms with van der Waals surface area (Å²) >= 11 is 2.00. The van der Waals surface area contributed by atoms with Gasteiger partial charge in [-0.3, -0.25) is 0 Å². The van der Waals surface area contributed by atoms with Crippen molar-refractivity contribution in [3.63, 3.8) is 0 Å². The highest BCUT2D eigenvalue weighted by Crippen LogP contribution is 2.43. The highest BCUT2D eigenvalue weighted by molar-refractivity contribution is 7.99. The van der Waals surface area contributed by atoms with Crippen molar-refractivity contribution in [1.29, 1.82) is 0 Å². The molecule has 3 rings (SSSR count). The average molecular weight is 279 g/mol. The van der Waals surface area contributed by atoms with E-state index in [9.17, 15) is 0 Å². The SMILES string of the molecule is Cc1nccc(C(N)C2CCOC3(CCSC3)C2)n1. The van der Waals surface area contributed by atoms with Gasteiger partial charge in [-0.2, -0.15) is 11.8 Å². The summed E-state index contributed by atoms with van der Waals surface area (Å²) in [6, 6.07) is 1.96. The number of hydrogen-bond donors (Lipinski definition) is 1. The van der Waals surface area contributed by atoms with E-state index in [-0.39, 0.29) is 11.6 Å². The third kappa shape index (κ3) is 2.78. The molecule has 1 aromatic rings. The molecule has 0 amide bonds. The van der Waals surface area contributed by atoms with E-state index >= 15 is 0 Å². The lowest BCUT2D eigenvalue weighted by molar-refractivity contribution is -0.0836. The highest BCUT2D eigenvalue weighted by atomic mass is 32.2. The standard InChI is InChI=1S/C14H21N3OS/c1-10-16-5-2-12(17-10)13(15)11-3-6-18-14(8-11)4-7-19-9-14/h2,5,11,13H,3-4,6-9,15H2,1H3. The van der Waals surface area contributed by atoms with Crippen molar-refractivity contribution in [2.24, 2.45) is 11.7 Å². The Morgan fingerprint density at radius 2 is 2.47 bits per heavy atom. The Kier molecular flexibility index (Phi) is 3.78. The lowest BCUT2D eigenvalue weighted by Crippen LogP contribution is -2.42. The smallest absolute Gasteiger partial charge is 0.125 e. The monoisotopic (exact) mass is 279 g/mol. The van der Waals surface area contributed by atoms with Crippen molar-refractivity contribution in [2.45, 2.75) is 37.8 Å². The molecule has 0 aromatic carbocycles. The van der Waals surface area contributed by atoms with E-state index in [1.165, 1.54) is 12.2 Å². The van der Waals surface area contributed by atoms with Crippen LogP contribution >= 0.6 is 11.8 Å². The zero-order chi connectivity index (χ0) is 13.3. The molecule has 1 spiro atoms. The molecule has 0 saturated carbocycles. The highest BCUT2D eigenvalue weighted by Gasteiger charge is 2.42. The zero-order valence-corrected chi connectivity index (χ0v) is 12.2. The number of rotatable bonds is 2. The molecule has 2 N–H and O–H groups in total. The molecule has 4 nitrogen and oxygen atoms in total. The summed E-state index contributed by atoms with van der Waals surface area (Å²) in [6.07, 6.45) is 5.09. The van der Waals surface area contributed by atoms with Crippen molar-refractivity contribution >= 4 is 11.8 Å². The second-order valence-corrected chi connectivity index (χ2v) is 6.75. The molecule has 0 aliphatic carbocycles. The number of nitrogens with zero attached hydrogens (tertiary/aromatic N) is 2. The summed E-state index contributed by atoms with van der Waals surface area (Å²) in [5.74, 6) is 3.61. The Labute approximate surface area is 118 Å². The molecule has 3 heterocycles. The predicted octanol–water partition coefficient (Wildman–Crippen LogP) is 2.09. The molecule has 1 aromatic heterocycles. The molecular weight excluding hydrogens is 258 g/mol. The molecule has 3 atom stereocenters. The number of aryl methyl sites for hydroxylation is 1. The number of aromatic nitrogens is 2. The minimum Gasteiger partial charge on any atom is -0.374 e. The second-order valence-electron chi connectivity index (χ2n) is 5.64. The zero-order valence-electron chi connectivity index (χ0n) is 11.3. The van der Waals surface area contributed by atoms with E-state index < -0.39 is 0 Å². The van der Waals surface area contributed by atoms with Gasteiger partial charge in [0.05, 0.1) is 17.3 Å². The molecule has 0 bridgehead atoms. The maximum atomic E-state index is 6.44. The maximum absolute atomic E-state index is 6.44. The van der Waals surface area contributed by atoms with Crippen LogP contribution in [0.25, 0.3) is 0 Å². The lowest BCUT2D eigenvalue weighted by Gasteiger charge is -2.39. The predicted molar refractivity (Wildman–Crippen MR) is 77.0 cm³/mol. The molecule has 2 saturated heterocycles. The van der Waals surface area contributed by atoms with Crippen molar-refractivity contribution in [2.75, 3.05) is 18.1 Å². The number of thioether (sulfide) groups is 1. The van der Waals surface area contributed by atoms with Gasteiger partial charge in [0, 0.05) is 18.6 Å². The molecule has 19 heavy (non-hydrogen) atoms. The van der Waals surface area contributed by atoms with Gasteiger partial charge in [0.25, 0.3) is 0 Å². The average Bonchev–Trinajstić information content (AvgIpc) is 2.86. The molecule has 5 heteroatoms. The van der Waals surface area contributed by atoms with Crippen LogP contribution in [0.4, 0.5) is 0 Å². The van der Waals surface area contributed by atoms with E-state index in [0.29, 0.717) is 5.92 Å². The van der Waals surface area contributed by atoms with Gasteiger partial charge >= 0.3 is 0 Å². The van der Waals surface area contributed by atoms with E-state index in [0.717, 1.165) is 36.7 Å². The van der Waals surface area contributed by atoms with Crippen molar-refractivity contribution < 1.29 is 4.74 Å². The van der Waals surface area contributed by atoms with Crippen LogP contribution in [0.2, 0.25) is 0 Å². The summed E-state index contributed by atoms with van der Waals surface area (Å²) in [7, 11) is 0. The fourth-order valence-corrected chi connectivity index (χ4v) is 4.52. The summed E-state index contributed by atoms with van der Waals surface area (Å²) in [5.41, 5.74) is 7.50. The first kappa shape index (κ1) is 13.3. The topological polar surface area (TPSA) is 61.0 Å². The van der Waals surface area contributed by atoms with Gasteiger partial charge in [-0.15, -0.1) is 0 Å². The Balaban J connectivity index is 1.74. The molecule has 2 fully saturated rings. The summed E-state index contributed by atoms with van der Waals surface area (Å²) in [4.78, 5) is 8.62. The van der Waals surface area contributed by atoms with E-state index in [4.69, 9.17) is 10.5 Å². The third-order valence-electron chi connectivity index (χ3n) is 4.25. The first-order chi connectivity index (χ1) is 9.19. The first-order valence-electron chi connectivity index (χ1n) is 6.95. The van der Waals surface area contributed by atoms with Crippen molar-refractivity contribution in [3.8, 4) is 0 Å². The van der Waals surface area contributed by atoms with Crippen LogP contribution in [-0.2, 0) is 4.74 Å². The van der Waals surface area contributed by atoms with Crippen LogP contribution in [0.15, 0.2) is 12.3 Å². The van der Waals surface area contributed by atoms with Gasteiger partial charge < -0.3 is 10.5 Å². The maximum Gasteiger partial charge on any atom is 0.125 e. The van der Waals surface area contributed by atoms with E-state index in [1.807, 2.05) is 24.8 Å². The van der Waals surface area contributed by atoms with Crippen LogP contribution in [-0.4, -0.2) is 33.7 Å². The van der Waals surface area contributed by atoms with Gasteiger partial charge in [-0.25, -0.2) is 9.97 Å². The normalized spacial score (nSPS) is 32.6. The number of hydrogen-bond acceptors (Lipinski definition) is 5. The van der Waals surface area contributed by atoms with Crippen LogP contribution in [0.3, 0.4) is 0 Å². The quantitative estimate of drug-likeness (QED) is 0.898. The minimum atomic E-state index is 0.00748. The van der Waals surface area contributed by atoms with Crippen LogP contribution in [0.1, 0.15) is 36.8 Å². The number of ether oxygens (including phenoxy) is 1. The largest absolute Gasteiger partial charge is 0.374 e. The lowest BCUT2D eigenvalue weighted by atomic mass is 9.80. The third-order valence-corrected chi connectivity index (χ3v) is 5.47. The van der Waals surface area contributed by atoms with Crippen molar-refractivity contribution in [1.82, 2.24) is 9.97 Å². The summed E-state index contributed by atoms with van der Waals surface area (Å²) in [6.45, 7) is 2.75. The van der Waals surface area contributed by atoms with E-state index in [1.54, 1.807) is 6.20 Å². The molecule has 3 unspecified atom stereocenters. The molecule has 2 aliphatic heterocycles. The second kappa shape index (κ2) is 5.38. The fourth-order valence-electron chi connectivity index (χ4n) is 3.14. The Bertz CT molecular complexity index is 448.